The highest BCUT2D eigenvalue weighted by Gasteiger charge is 2.31. The number of amides is 1. The first-order valence-electron chi connectivity index (χ1n) is 8.41. The summed E-state index contributed by atoms with van der Waals surface area (Å²) in [6.07, 6.45) is 5.44. The average Bonchev–Trinajstić information content (AvgIpc) is 3.10. The summed E-state index contributed by atoms with van der Waals surface area (Å²) in [7, 11) is 0. The van der Waals surface area contributed by atoms with Crippen molar-refractivity contribution >= 4 is 16.8 Å². The number of aryl methyl sites for hydroxylation is 1. The van der Waals surface area contributed by atoms with Crippen LogP contribution in [0.25, 0.3) is 10.9 Å². The van der Waals surface area contributed by atoms with Crippen molar-refractivity contribution in [3.8, 4) is 0 Å². The molecule has 4 nitrogen and oxygen atoms in total. The van der Waals surface area contributed by atoms with Crippen molar-refractivity contribution in [3.05, 3.63) is 71.4 Å². The maximum atomic E-state index is 13.5. The van der Waals surface area contributed by atoms with Gasteiger partial charge >= 0.3 is 0 Å². The van der Waals surface area contributed by atoms with Gasteiger partial charge in [-0.05, 0) is 49.6 Å². The van der Waals surface area contributed by atoms with Crippen LogP contribution in [0.2, 0.25) is 0 Å². The number of benzene rings is 1. The van der Waals surface area contributed by atoms with Crippen LogP contribution in [-0.2, 0) is 0 Å². The normalized spacial score (nSPS) is 17.2. The van der Waals surface area contributed by atoms with Crippen LogP contribution < -0.4 is 0 Å². The lowest BCUT2D eigenvalue weighted by molar-refractivity contribution is 0.0737. The van der Waals surface area contributed by atoms with Crippen LogP contribution in [0, 0.1) is 12.7 Å². The van der Waals surface area contributed by atoms with Gasteiger partial charge in [0.1, 0.15) is 5.82 Å². The van der Waals surface area contributed by atoms with Gasteiger partial charge in [-0.3, -0.25) is 14.8 Å². The summed E-state index contributed by atoms with van der Waals surface area (Å²) in [5, 5.41) is 0.689. The molecule has 126 valence electrons. The number of hydrogen-bond donors (Lipinski definition) is 0. The van der Waals surface area contributed by atoms with E-state index in [1.807, 2.05) is 30.2 Å². The van der Waals surface area contributed by atoms with Gasteiger partial charge in [0.05, 0.1) is 17.1 Å². The Morgan fingerprint density at radius 3 is 2.96 bits per heavy atom. The van der Waals surface area contributed by atoms with Crippen molar-refractivity contribution in [1.82, 2.24) is 14.9 Å². The molecule has 0 aliphatic carbocycles. The molecule has 0 bridgehead atoms. The minimum Gasteiger partial charge on any atom is -0.332 e. The largest absolute Gasteiger partial charge is 0.332 e. The van der Waals surface area contributed by atoms with Gasteiger partial charge in [-0.25, -0.2) is 4.39 Å². The van der Waals surface area contributed by atoms with Gasteiger partial charge in [0.15, 0.2) is 0 Å². The van der Waals surface area contributed by atoms with Gasteiger partial charge in [-0.15, -0.1) is 0 Å². The maximum absolute atomic E-state index is 13.5. The monoisotopic (exact) mass is 335 g/mol. The highest BCUT2D eigenvalue weighted by atomic mass is 19.1. The number of pyridine rings is 2. The fourth-order valence-corrected chi connectivity index (χ4v) is 3.60. The molecule has 1 aliphatic rings. The van der Waals surface area contributed by atoms with E-state index in [0.717, 1.165) is 18.4 Å². The second kappa shape index (κ2) is 6.24. The molecule has 0 radical (unpaired) electrons. The lowest BCUT2D eigenvalue weighted by Crippen LogP contribution is -2.31. The van der Waals surface area contributed by atoms with Gasteiger partial charge < -0.3 is 4.90 Å². The van der Waals surface area contributed by atoms with Crippen LogP contribution in [0.15, 0.2) is 48.8 Å². The number of carbonyl (C=O) groups is 1. The van der Waals surface area contributed by atoms with E-state index >= 15 is 0 Å². The van der Waals surface area contributed by atoms with Gasteiger partial charge in [-0.2, -0.15) is 0 Å². The molecule has 1 saturated heterocycles. The number of likely N-dealkylation sites (tertiary alicyclic amines) is 1. The van der Waals surface area contributed by atoms with Crippen LogP contribution in [-0.4, -0.2) is 27.3 Å². The number of rotatable bonds is 2. The zero-order chi connectivity index (χ0) is 17.4. The second-order valence-electron chi connectivity index (χ2n) is 6.42. The summed E-state index contributed by atoms with van der Waals surface area (Å²) in [5.41, 5.74) is 2.85. The Labute approximate surface area is 145 Å². The number of aromatic nitrogens is 2. The molecule has 1 amide bonds. The number of nitrogens with zero attached hydrogens (tertiary/aromatic N) is 3. The lowest BCUT2D eigenvalue weighted by Gasteiger charge is -2.25. The Morgan fingerprint density at radius 2 is 2.16 bits per heavy atom. The molecule has 3 aromatic rings. The van der Waals surface area contributed by atoms with Gasteiger partial charge in [0.2, 0.25) is 0 Å². The number of fused-ring (bicyclic) bond motifs is 1. The molecular weight excluding hydrogens is 317 g/mol. The molecule has 0 saturated carbocycles. The predicted octanol–water partition coefficient (Wildman–Crippen LogP) is 4.05. The van der Waals surface area contributed by atoms with E-state index in [9.17, 15) is 9.18 Å². The number of halogens is 1. The highest BCUT2D eigenvalue weighted by molar-refractivity contribution is 6.06. The second-order valence-corrected chi connectivity index (χ2v) is 6.42. The van der Waals surface area contributed by atoms with E-state index in [2.05, 4.69) is 9.97 Å². The molecule has 1 atom stereocenters. The van der Waals surface area contributed by atoms with Crippen LogP contribution >= 0.6 is 0 Å². The molecule has 0 spiro atoms. The first-order chi connectivity index (χ1) is 12.1. The van der Waals surface area contributed by atoms with E-state index in [4.69, 9.17) is 0 Å². The Bertz CT molecular complexity index is 937. The Hall–Kier alpha value is -2.82. The van der Waals surface area contributed by atoms with Crippen molar-refractivity contribution < 1.29 is 9.18 Å². The molecule has 1 unspecified atom stereocenters. The van der Waals surface area contributed by atoms with Gasteiger partial charge in [0.25, 0.3) is 5.91 Å². The quantitative estimate of drug-likeness (QED) is 0.709. The first kappa shape index (κ1) is 15.7. The van der Waals surface area contributed by atoms with E-state index in [-0.39, 0.29) is 17.8 Å². The summed E-state index contributed by atoms with van der Waals surface area (Å²) in [6.45, 7) is 2.53. The van der Waals surface area contributed by atoms with Crippen molar-refractivity contribution in [2.75, 3.05) is 6.54 Å². The van der Waals surface area contributed by atoms with Crippen molar-refractivity contribution in [2.45, 2.75) is 25.8 Å². The Balaban J connectivity index is 1.77. The molecule has 3 heterocycles. The van der Waals surface area contributed by atoms with Crippen LogP contribution in [0.5, 0.6) is 0 Å². The fourth-order valence-electron chi connectivity index (χ4n) is 3.60. The van der Waals surface area contributed by atoms with Crippen molar-refractivity contribution in [2.24, 2.45) is 0 Å². The van der Waals surface area contributed by atoms with E-state index in [0.29, 0.717) is 28.7 Å². The minimum absolute atomic E-state index is 0.0326. The molecule has 1 fully saturated rings. The smallest absolute Gasteiger partial charge is 0.255 e. The summed E-state index contributed by atoms with van der Waals surface area (Å²) < 4.78 is 13.5. The molecule has 1 aliphatic heterocycles. The van der Waals surface area contributed by atoms with E-state index in [1.54, 1.807) is 18.3 Å². The van der Waals surface area contributed by atoms with Crippen LogP contribution in [0.1, 0.15) is 40.5 Å². The third kappa shape index (κ3) is 2.86. The van der Waals surface area contributed by atoms with Gasteiger partial charge in [-0.1, -0.05) is 6.07 Å². The zero-order valence-corrected chi connectivity index (χ0v) is 13.9. The maximum Gasteiger partial charge on any atom is 0.255 e. The molecule has 25 heavy (non-hydrogen) atoms. The molecule has 1 aromatic carbocycles. The standard InChI is InChI=1S/C20H18FN3O/c1-13-10-17(16-7-6-15(21)11-18(16)23-13)20(25)24-9-3-5-19(24)14-4-2-8-22-12-14/h2,4,6-8,10-12,19H,3,5,9H2,1H3. The van der Waals surface area contributed by atoms with Gasteiger partial charge in [0, 0.05) is 36.1 Å². The van der Waals surface area contributed by atoms with Crippen LogP contribution in [0.3, 0.4) is 0 Å². The molecular formula is C20H18FN3O. The van der Waals surface area contributed by atoms with E-state index < -0.39 is 0 Å². The number of carbonyl (C=O) groups excluding carboxylic acids is 1. The Kier molecular flexibility index (Phi) is 3.92. The summed E-state index contributed by atoms with van der Waals surface area (Å²) >= 11 is 0. The molecule has 5 heteroatoms. The number of hydrogen-bond acceptors (Lipinski definition) is 3. The van der Waals surface area contributed by atoms with E-state index in [1.165, 1.54) is 12.1 Å². The molecule has 4 rings (SSSR count). The summed E-state index contributed by atoms with van der Waals surface area (Å²) in [6, 6.07) is 10.1. The first-order valence-corrected chi connectivity index (χ1v) is 8.41. The fraction of sp³-hybridized carbons (Fsp3) is 0.250. The third-order valence-corrected chi connectivity index (χ3v) is 4.71. The Morgan fingerprint density at radius 1 is 1.28 bits per heavy atom. The average molecular weight is 335 g/mol. The third-order valence-electron chi connectivity index (χ3n) is 4.71. The summed E-state index contributed by atoms with van der Waals surface area (Å²) in [5.74, 6) is -0.383. The zero-order valence-electron chi connectivity index (χ0n) is 13.9. The SMILES string of the molecule is Cc1cc(C(=O)N2CCCC2c2cccnc2)c2ccc(F)cc2n1. The predicted molar refractivity (Wildman–Crippen MR) is 93.7 cm³/mol. The topological polar surface area (TPSA) is 46.1 Å². The minimum atomic E-state index is -0.349. The van der Waals surface area contributed by atoms with Crippen LogP contribution in [0.4, 0.5) is 4.39 Å². The van der Waals surface area contributed by atoms with Crippen molar-refractivity contribution in [1.29, 1.82) is 0 Å². The lowest BCUT2D eigenvalue weighted by atomic mass is 10.0. The summed E-state index contributed by atoms with van der Waals surface area (Å²) in [4.78, 5) is 23.7. The van der Waals surface area contributed by atoms with Crippen molar-refractivity contribution in [3.63, 3.8) is 0 Å². The highest BCUT2D eigenvalue weighted by Crippen LogP contribution is 2.34. The molecule has 2 aromatic heterocycles. The molecule has 0 N–H and O–H groups in total.